The first-order chi connectivity index (χ1) is 12.9. The summed E-state index contributed by atoms with van der Waals surface area (Å²) in [5, 5.41) is 6.26. The third-order valence-electron chi connectivity index (χ3n) is 5.19. The van der Waals surface area contributed by atoms with Gasteiger partial charge >= 0.3 is 0 Å². The molecule has 0 unspecified atom stereocenters. The first kappa shape index (κ1) is 19.4. The summed E-state index contributed by atoms with van der Waals surface area (Å²) < 4.78 is 0. The fourth-order valence-electron chi connectivity index (χ4n) is 3.28. The number of benzene rings is 2. The van der Waals surface area contributed by atoms with E-state index in [-0.39, 0.29) is 23.1 Å². The number of halogens is 1. The van der Waals surface area contributed by atoms with Crippen molar-refractivity contribution in [1.82, 2.24) is 10.6 Å². The van der Waals surface area contributed by atoms with Crippen LogP contribution in [0.4, 0.5) is 0 Å². The van der Waals surface area contributed by atoms with Crippen molar-refractivity contribution in [3.8, 4) is 0 Å². The molecular weight excluding hydrogens is 360 g/mol. The van der Waals surface area contributed by atoms with Gasteiger partial charge in [0.25, 0.3) is 5.91 Å². The maximum Gasteiger partial charge on any atom is 0.253 e. The molecular formula is C22H25ClN2O2. The molecule has 1 saturated carbocycles. The summed E-state index contributed by atoms with van der Waals surface area (Å²) in [5.74, 6) is -0.533. The minimum Gasteiger partial charge on any atom is -0.353 e. The molecule has 1 fully saturated rings. The van der Waals surface area contributed by atoms with Crippen molar-refractivity contribution < 1.29 is 9.59 Å². The molecule has 2 aromatic carbocycles. The van der Waals surface area contributed by atoms with Gasteiger partial charge in [-0.3, -0.25) is 9.59 Å². The highest BCUT2D eigenvalue weighted by molar-refractivity contribution is 6.33. The van der Waals surface area contributed by atoms with E-state index < -0.39 is 6.04 Å². The minimum absolute atomic E-state index is 0.0329. The summed E-state index contributed by atoms with van der Waals surface area (Å²) in [6.07, 6.45) is 2.13. The Bertz CT molecular complexity index is 816. The Kier molecular flexibility index (Phi) is 5.85. The predicted molar refractivity (Wildman–Crippen MR) is 108 cm³/mol. The minimum atomic E-state index is -0.611. The number of nitrogens with one attached hydrogen (secondary N) is 2. The van der Waals surface area contributed by atoms with Gasteiger partial charge in [0.05, 0.1) is 10.6 Å². The molecule has 3 rings (SSSR count). The standard InChI is InChI=1S/C22H25ClN2O2/c1-15(2)19(25-20(26)17-10-6-7-11-18(17)23)21(27)24-14-22(12-13-22)16-8-4-3-5-9-16/h3-11,15,19H,12-14H2,1-2H3,(H,24,27)(H,25,26)/t19-/m1/s1. The predicted octanol–water partition coefficient (Wildman–Crippen LogP) is 3.94. The van der Waals surface area contributed by atoms with E-state index in [2.05, 4.69) is 22.8 Å². The number of amides is 2. The van der Waals surface area contributed by atoms with E-state index in [1.54, 1.807) is 24.3 Å². The summed E-state index contributed by atoms with van der Waals surface area (Å²) in [5.41, 5.74) is 1.66. The van der Waals surface area contributed by atoms with Gasteiger partial charge in [-0.1, -0.05) is 67.9 Å². The van der Waals surface area contributed by atoms with Crippen LogP contribution in [0.5, 0.6) is 0 Å². The molecule has 0 bridgehead atoms. The topological polar surface area (TPSA) is 58.2 Å². The van der Waals surface area contributed by atoms with Crippen LogP contribution in [-0.2, 0) is 10.2 Å². The molecule has 1 aliphatic carbocycles. The number of rotatable bonds is 7. The monoisotopic (exact) mass is 384 g/mol. The van der Waals surface area contributed by atoms with Gasteiger partial charge in [0.15, 0.2) is 0 Å². The molecule has 1 aliphatic rings. The van der Waals surface area contributed by atoms with Crippen molar-refractivity contribution in [2.24, 2.45) is 5.92 Å². The lowest BCUT2D eigenvalue weighted by atomic mass is 9.95. The first-order valence-corrected chi connectivity index (χ1v) is 9.69. The van der Waals surface area contributed by atoms with Crippen LogP contribution in [0.1, 0.15) is 42.6 Å². The Labute approximate surface area is 165 Å². The summed E-state index contributed by atoms with van der Waals surface area (Å²) in [7, 11) is 0. The van der Waals surface area contributed by atoms with Gasteiger partial charge in [0.2, 0.25) is 5.91 Å². The molecule has 0 aliphatic heterocycles. The van der Waals surface area contributed by atoms with Gasteiger partial charge in [0.1, 0.15) is 6.04 Å². The lowest BCUT2D eigenvalue weighted by Crippen LogP contribution is -2.51. The van der Waals surface area contributed by atoms with Crippen LogP contribution in [0.3, 0.4) is 0 Å². The van der Waals surface area contributed by atoms with Crippen molar-refractivity contribution in [2.75, 3.05) is 6.54 Å². The Morgan fingerprint density at radius 3 is 2.26 bits per heavy atom. The number of carbonyl (C=O) groups is 2. The van der Waals surface area contributed by atoms with E-state index in [0.29, 0.717) is 17.1 Å². The van der Waals surface area contributed by atoms with Crippen LogP contribution in [0.15, 0.2) is 54.6 Å². The molecule has 2 aromatic rings. The highest BCUT2D eigenvalue weighted by Crippen LogP contribution is 2.47. The summed E-state index contributed by atoms with van der Waals surface area (Å²) in [6, 6.07) is 16.5. The lowest BCUT2D eigenvalue weighted by molar-refractivity contribution is -0.124. The van der Waals surface area contributed by atoms with Crippen molar-refractivity contribution in [3.05, 3.63) is 70.7 Å². The third kappa shape index (κ3) is 4.51. The Hall–Kier alpha value is -2.33. The first-order valence-electron chi connectivity index (χ1n) is 9.31. The van der Waals surface area contributed by atoms with Crippen LogP contribution in [-0.4, -0.2) is 24.4 Å². The van der Waals surface area contributed by atoms with Crippen LogP contribution in [0.25, 0.3) is 0 Å². The van der Waals surface area contributed by atoms with E-state index in [0.717, 1.165) is 12.8 Å². The summed E-state index contributed by atoms with van der Waals surface area (Å²) in [6.45, 7) is 4.42. The fourth-order valence-corrected chi connectivity index (χ4v) is 3.50. The molecule has 0 spiro atoms. The largest absolute Gasteiger partial charge is 0.353 e. The Morgan fingerprint density at radius 1 is 1.04 bits per heavy atom. The molecule has 4 nitrogen and oxygen atoms in total. The van der Waals surface area contributed by atoms with Crippen molar-refractivity contribution in [2.45, 2.75) is 38.1 Å². The fraction of sp³-hybridized carbons (Fsp3) is 0.364. The van der Waals surface area contributed by atoms with Gasteiger partial charge in [-0.15, -0.1) is 0 Å². The zero-order valence-corrected chi connectivity index (χ0v) is 16.4. The smallest absolute Gasteiger partial charge is 0.253 e. The van der Waals surface area contributed by atoms with E-state index in [9.17, 15) is 9.59 Å². The average molecular weight is 385 g/mol. The molecule has 0 heterocycles. The second kappa shape index (κ2) is 8.13. The third-order valence-corrected chi connectivity index (χ3v) is 5.52. The molecule has 0 aromatic heterocycles. The normalized spacial score (nSPS) is 15.9. The van der Waals surface area contributed by atoms with E-state index in [1.807, 2.05) is 32.0 Å². The van der Waals surface area contributed by atoms with Crippen LogP contribution in [0.2, 0.25) is 5.02 Å². The average Bonchev–Trinajstić information content (AvgIpc) is 3.46. The summed E-state index contributed by atoms with van der Waals surface area (Å²) in [4.78, 5) is 25.3. The number of carbonyl (C=O) groups excluding carboxylic acids is 2. The maximum atomic E-state index is 12.8. The van der Waals surface area contributed by atoms with Crippen molar-refractivity contribution in [1.29, 1.82) is 0 Å². The van der Waals surface area contributed by atoms with Crippen LogP contribution < -0.4 is 10.6 Å². The quantitative estimate of drug-likeness (QED) is 0.759. The molecule has 0 radical (unpaired) electrons. The highest BCUT2D eigenvalue weighted by atomic mass is 35.5. The highest BCUT2D eigenvalue weighted by Gasteiger charge is 2.44. The molecule has 27 heavy (non-hydrogen) atoms. The molecule has 2 N–H and O–H groups in total. The van der Waals surface area contributed by atoms with E-state index in [1.165, 1.54) is 5.56 Å². The van der Waals surface area contributed by atoms with Crippen LogP contribution in [0, 0.1) is 5.92 Å². The molecule has 142 valence electrons. The second-order valence-electron chi connectivity index (χ2n) is 7.54. The maximum absolute atomic E-state index is 12.8. The molecule has 5 heteroatoms. The van der Waals surface area contributed by atoms with Gasteiger partial charge in [-0.05, 0) is 36.5 Å². The SMILES string of the molecule is CC(C)[C@@H](NC(=O)c1ccccc1Cl)C(=O)NCC1(c2ccccc2)CC1. The van der Waals surface area contributed by atoms with Gasteiger partial charge in [-0.25, -0.2) is 0 Å². The lowest BCUT2D eigenvalue weighted by Gasteiger charge is -2.24. The van der Waals surface area contributed by atoms with Gasteiger partial charge < -0.3 is 10.6 Å². The molecule has 2 amide bonds. The van der Waals surface area contributed by atoms with Gasteiger partial charge in [-0.2, -0.15) is 0 Å². The number of hydrogen-bond acceptors (Lipinski definition) is 2. The van der Waals surface area contributed by atoms with E-state index >= 15 is 0 Å². The Morgan fingerprint density at radius 2 is 1.67 bits per heavy atom. The zero-order chi connectivity index (χ0) is 19.4. The second-order valence-corrected chi connectivity index (χ2v) is 7.95. The zero-order valence-electron chi connectivity index (χ0n) is 15.7. The number of hydrogen-bond donors (Lipinski definition) is 2. The molecule has 0 saturated heterocycles. The summed E-state index contributed by atoms with van der Waals surface area (Å²) >= 11 is 6.10. The molecule has 1 atom stereocenters. The van der Waals surface area contributed by atoms with Crippen LogP contribution >= 0.6 is 11.6 Å². The van der Waals surface area contributed by atoms with E-state index in [4.69, 9.17) is 11.6 Å². The van der Waals surface area contributed by atoms with Crippen molar-refractivity contribution >= 4 is 23.4 Å². The Balaban J connectivity index is 1.64. The van der Waals surface area contributed by atoms with Gasteiger partial charge in [0, 0.05) is 12.0 Å². The van der Waals surface area contributed by atoms with Crippen molar-refractivity contribution in [3.63, 3.8) is 0 Å².